The summed E-state index contributed by atoms with van der Waals surface area (Å²) >= 11 is 0. The molecule has 0 radical (unpaired) electrons. The molecule has 0 aromatic heterocycles. The molecular formula is C29H33N3O7. The third-order valence-electron chi connectivity index (χ3n) is 8.76. The van der Waals surface area contributed by atoms with Gasteiger partial charge in [0.25, 0.3) is 0 Å². The minimum Gasteiger partial charge on any atom is -0.507 e. The van der Waals surface area contributed by atoms with Crippen molar-refractivity contribution in [3.8, 4) is 5.75 Å². The van der Waals surface area contributed by atoms with Crippen molar-refractivity contribution in [3.05, 3.63) is 64.7 Å². The standard InChI is InChI=1S/C29H33N3O7/c1-32(2)23-18-11-16-10-17-15(13-31-12-14-6-4-3-5-7-14)8-9-19(33)21(17)24(34)20(16)26(36)29(18,39)27(37)22(25(23)35)28(30)38/h3-9,16,18,20,22-23,25,31,33,35,39H,10-13H2,1-2H3,(H2,30,38)/t16-,18-,20?,22?,23?,25?,29-/m1/s1. The number of phenolic OH excluding ortho intramolecular Hbond substituents is 1. The van der Waals surface area contributed by atoms with Gasteiger partial charge in [-0.05, 0) is 55.6 Å². The van der Waals surface area contributed by atoms with Crippen LogP contribution in [0.3, 0.4) is 0 Å². The molecule has 2 fully saturated rings. The topological polar surface area (TPSA) is 170 Å². The van der Waals surface area contributed by atoms with E-state index in [9.17, 15) is 34.5 Å². The normalized spacial score (nSPS) is 32.0. The second-order valence-electron chi connectivity index (χ2n) is 11.2. The number of aromatic hydroxyl groups is 1. The lowest BCUT2D eigenvalue weighted by molar-refractivity contribution is -0.190. The molecule has 206 valence electrons. The van der Waals surface area contributed by atoms with Gasteiger partial charge in [-0.3, -0.25) is 19.2 Å². The molecule has 6 N–H and O–H groups in total. The highest BCUT2D eigenvalue weighted by Gasteiger charge is 2.69. The van der Waals surface area contributed by atoms with Crippen LogP contribution >= 0.6 is 0 Å². The lowest BCUT2D eigenvalue weighted by atomic mass is 9.52. The number of likely N-dealkylation sites (N-methyl/N-ethyl adjacent to an activating group) is 1. The van der Waals surface area contributed by atoms with Crippen molar-refractivity contribution in [3.63, 3.8) is 0 Å². The van der Waals surface area contributed by atoms with E-state index in [1.54, 1.807) is 25.1 Å². The predicted molar refractivity (Wildman–Crippen MR) is 139 cm³/mol. The lowest BCUT2D eigenvalue weighted by Crippen LogP contribution is -2.75. The van der Waals surface area contributed by atoms with Gasteiger partial charge in [0.1, 0.15) is 11.7 Å². The van der Waals surface area contributed by atoms with E-state index >= 15 is 0 Å². The molecule has 0 heterocycles. The van der Waals surface area contributed by atoms with Crippen LogP contribution in [-0.2, 0) is 33.9 Å². The number of aliphatic hydroxyl groups excluding tert-OH is 1. The van der Waals surface area contributed by atoms with E-state index in [2.05, 4.69) is 5.32 Å². The van der Waals surface area contributed by atoms with Crippen LogP contribution in [0.4, 0.5) is 0 Å². The fraction of sp³-hybridized carbons (Fsp3) is 0.448. The number of carbonyl (C=O) groups excluding carboxylic acids is 4. The molecule has 3 aliphatic carbocycles. The van der Waals surface area contributed by atoms with Crippen LogP contribution in [-0.4, -0.2) is 75.3 Å². The second kappa shape index (κ2) is 9.95. The Morgan fingerprint density at radius 1 is 1.08 bits per heavy atom. The van der Waals surface area contributed by atoms with Gasteiger partial charge in [-0.25, -0.2) is 0 Å². The molecule has 4 unspecified atom stereocenters. The van der Waals surface area contributed by atoms with Crippen molar-refractivity contribution in [1.82, 2.24) is 10.2 Å². The number of amides is 1. The Balaban J connectivity index is 1.51. The summed E-state index contributed by atoms with van der Waals surface area (Å²) < 4.78 is 0. The van der Waals surface area contributed by atoms with Crippen LogP contribution < -0.4 is 11.1 Å². The van der Waals surface area contributed by atoms with Crippen molar-refractivity contribution in [2.45, 2.75) is 43.7 Å². The fourth-order valence-corrected chi connectivity index (χ4v) is 6.99. The Morgan fingerprint density at radius 3 is 2.41 bits per heavy atom. The number of rotatable bonds is 6. The molecule has 3 aliphatic rings. The molecule has 5 rings (SSSR count). The van der Waals surface area contributed by atoms with Gasteiger partial charge < -0.3 is 31.3 Å². The number of nitrogens with two attached hydrogens (primary N) is 1. The molecule has 2 saturated carbocycles. The molecular weight excluding hydrogens is 502 g/mol. The van der Waals surface area contributed by atoms with E-state index in [1.807, 2.05) is 30.3 Å². The number of phenols is 1. The molecule has 0 aliphatic heterocycles. The molecule has 1 amide bonds. The van der Waals surface area contributed by atoms with Crippen molar-refractivity contribution in [2.24, 2.45) is 29.4 Å². The number of nitrogens with zero attached hydrogens (tertiary/aromatic N) is 1. The first-order valence-corrected chi connectivity index (χ1v) is 13.1. The Kier molecular flexibility index (Phi) is 6.92. The first-order chi connectivity index (χ1) is 18.5. The number of aliphatic hydroxyl groups is 2. The van der Waals surface area contributed by atoms with E-state index < -0.39 is 64.7 Å². The highest BCUT2D eigenvalue weighted by Crippen LogP contribution is 2.51. The monoisotopic (exact) mass is 535 g/mol. The maximum atomic E-state index is 13.9. The Bertz CT molecular complexity index is 1340. The highest BCUT2D eigenvalue weighted by molar-refractivity contribution is 6.25. The summed E-state index contributed by atoms with van der Waals surface area (Å²) in [5.74, 6) is -9.02. The first kappa shape index (κ1) is 27.1. The van der Waals surface area contributed by atoms with E-state index in [0.717, 1.165) is 11.1 Å². The molecule has 10 nitrogen and oxygen atoms in total. The van der Waals surface area contributed by atoms with Crippen LogP contribution in [0.1, 0.15) is 33.5 Å². The number of benzene rings is 2. The quantitative estimate of drug-likeness (QED) is 0.318. The number of primary amides is 1. The molecule has 39 heavy (non-hydrogen) atoms. The summed E-state index contributed by atoms with van der Waals surface area (Å²) in [6, 6.07) is 12.0. The van der Waals surface area contributed by atoms with Crippen molar-refractivity contribution in [2.75, 3.05) is 14.1 Å². The zero-order chi connectivity index (χ0) is 28.2. The van der Waals surface area contributed by atoms with Crippen molar-refractivity contribution >= 4 is 23.3 Å². The zero-order valence-electron chi connectivity index (χ0n) is 21.8. The number of nitrogens with one attached hydrogen (secondary N) is 1. The van der Waals surface area contributed by atoms with Gasteiger partial charge in [-0.2, -0.15) is 0 Å². The Hall–Kier alpha value is -3.44. The lowest BCUT2D eigenvalue weighted by Gasteiger charge is -2.54. The largest absolute Gasteiger partial charge is 0.507 e. The first-order valence-electron chi connectivity index (χ1n) is 13.1. The van der Waals surface area contributed by atoms with Crippen molar-refractivity contribution < 1.29 is 34.5 Å². The Morgan fingerprint density at radius 2 is 1.77 bits per heavy atom. The fourth-order valence-electron chi connectivity index (χ4n) is 6.99. The zero-order valence-corrected chi connectivity index (χ0v) is 21.8. The number of ketones is 3. The van der Waals surface area contributed by atoms with Gasteiger partial charge in [0, 0.05) is 25.0 Å². The van der Waals surface area contributed by atoms with Gasteiger partial charge in [-0.1, -0.05) is 36.4 Å². The number of fused-ring (bicyclic) bond motifs is 3. The summed E-state index contributed by atoms with van der Waals surface area (Å²) in [6.45, 7) is 1.01. The number of carbonyl (C=O) groups is 4. The maximum absolute atomic E-state index is 13.9. The van der Waals surface area contributed by atoms with Gasteiger partial charge in [0.15, 0.2) is 23.0 Å². The minimum absolute atomic E-state index is 0.0181. The minimum atomic E-state index is -2.66. The van der Waals surface area contributed by atoms with Gasteiger partial charge >= 0.3 is 0 Å². The smallest absolute Gasteiger partial charge is 0.230 e. The molecule has 2 aromatic carbocycles. The predicted octanol–water partition coefficient (Wildman–Crippen LogP) is -0.0514. The highest BCUT2D eigenvalue weighted by atomic mass is 16.3. The molecule has 7 atom stereocenters. The van der Waals surface area contributed by atoms with Crippen LogP contribution in [0.15, 0.2) is 42.5 Å². The van der Waals surface area contributed by atoms with E-state index in [1.165, 1.54) is 6.07 Å². The molecule has 10 heteroatoms. The number of hydrogen-bond donors (Lipinski definition) is 5. The Labute approximate surface area is 225 Å². The average molecular weight is 536 g/mol. The van der Waals surface area contributed by atoms with Crippen molar-refractivity contribution in [1.29, 1.82) is 0 Å². The molecule has 0 saturated heterocycles. The maximum Gasteiger partial charge on any atom is 0.230 e. The third kappa shape index (κ3) is 4.19. The molecule has 0 bridgehead atoms. The SMILES string of the molecule is CN(C)C1C(O)C(C(N)=O)C(=O)[C@]2(O)C(=O)C3C(=O)c4c(O)ccc(CNCc5ccccc5)c4C[C@@H]3C[C@H]12. The van der Waals surface area contributed by atoms with Gasteiger partial charge in [0.05, 0.1) is 17.6 Å². The van der Waals surface area contributed by atoms with Crippen LogP contribution in [0.5, 0.6) is 5.75 Å². The third-order valence-corrected chi connectivity index (χ3v) is 8.76. The summed E-state index contributed by atoms with van der Waals surface area (Å²) in [6.07, 6.45) is -1.17. The summed E-state index contributed by atoms with van der Waals surface area (Å²) in [7, 11) is 3.24. The summed E-state index contributed by atoms with van der Waals surface area (Å²) in [5, 5.41) is 36.6. The van der Waals surface area contributed by atoms with Crippen LogP contribution in [0.2, 0.25) is 0 Å². The van der Waals surface area contributed by atoms with E-state index in [4.69, 9.17) is 5.73 Å². The van der Waals surface area contributed by atoms with E-state index in [-0.39, 0.29) is 24.2 Å². The number of hydrogen-bond acceptors (Lipinski definition) is 9. The van der Waals surface area contributed by atoms with E-state index in [0.29, 0.717) is 18.7 Å². The molecule has 0 spiro atoms. The second-order valence-corrected chi connectivity index (χ2v) is 11.2. The average Bonchev–Trinajstić information content (AvgIpc) is 2.87. The number of Topliss-reactive ketones (excluding diaryl/α,β-unsaturated/α-hetero) is 3. The van der Waals surface area contributed by atoms with Crippen LogP contribution in [0, 0.1) is 23.7 Å². The van der Waals surface area contributed by atoms with Crippen LogP contribution in [0.25, 0.3) is 0 Å². The molecule has 2 aromatic rings. The van der Waals surface area contributed by atoms with Gasteiger partial charge in [0.2, 0.25) is 5.91 Å². The van der Waals surface area contributed by atoms with Gasteiger partial charge in [-0.15, -0.1) is 0 Å². The summed E-state index contributed by atoms with van der Waals surface area (Å²) in [4.78, 5) is 54.7. The summed E-state index contributed by atoms with van der Waals surface area (Å²) in [5.41, 5.74) is 5.28.